The zero-order valence-electron chi connectivity index (χ0n) is 17.8. The molecule has 3 aromatic carbocycles. The van der Waals surface area contributed by atoms with Crippen molar-refractivity contribution in [2.45, 2.75) is 27.2 Å². The molecule has 152 valence electrons. The lowest BCUT2D eigenvalue weighted by Crippen LogP contribution is -2.15. The molecule has 0 radical (unpaired) electrons. The summed E-state index contributed by atoms with van der Waals surface area (Å²) in [7, 11) is 0. The second-order valence-electron chi connectivity index (χ2n) is 7.94. The highest BCUT2D eigenvalue weighted by Crippen LogP contribution is 2.28. The molecule has 0 aliphatic rings. The molecule has 30 heavy (non-hydrogen) atoms. The number of rotatable bonds is 6. The summed E-state index contributed by atoms with van der Waals surface area (Å²) in [6, 6.07) is 20.3. The lowest BCUT2D eigenvalue weighted by atomic mass is 10.0. The number of nitrogens with one attached hydrogen (secondary N) is 2. The van der Waals surface area contributed by atoms with Crippen LogP contribution in [0.5, 0.6) is 0 Å². The van der Waals surface area contributed by atoms with Gasteiger partial charge < -0.3 is 10.3 Å². The van der Waals surface area contributed by atoms with Crippen molar-refractivity contribution >= 4 is 16.6 Å². The second-order valence-corrected chi connectivity index (χ2v) is 7.94. The minimum atomic E-state index is -0.198. The van der Waals surface area contributed by atoms with E-state index in [0.717, 1.165) is 46.4 Å². The van der Waals surface area contributed by atoms with E-state index in [4.69, 9.17) is 0 Å². The van der Waals surface area contributed by atoms with Gasteiger partial charge in [-0.2, -0.15) is 0 Å². The molecule has 0 bridgehead atoms. The molecule has 0 unspecified atom stereocenters. The fourth-order valence-electron chi connectivity index (χ4n) is 4.08. The number of aromatic amines is 1. The maximum absolute atomic E-state index is 14.1. The third-order valence-corrected chi connectivity index (χ3v) is 5.73. The number of benzene rings is 3. The maximum atomic E-state index is 14.1. The molecular formula is C27H27FN2. The Kier molecular flexibility index (Phi) is 5.45. The van der Waals surface area contributed by atoms with Crippen LogP contribution in [-0.2, 0) is 6.42 Å². The fraction of sp³-hybridized carbons (Fsp3) is 0.185. The number of halogens is 1. The van der Waals surface area contributed by atoms with Crippen LogP contribution in [0, 0.1) is 26.6 Å². The first-order valence-corrected chi connectivity index (χ1v) is 10.3. The minimum Gasteiger partial charge on any atom is -0.385 e. The van der Waals surface area contributed by atoms with Crippen molar-refractivity contribution in [1.82, 2.24) is 10.3 Å². The monoisotopic (exact) mass is 398 g/mol. The van der Waals surface area contributed by atoms with Crippen LogP contribution in [0.15, 0.2) is 67.2 Å². The summed E-state index contributed by atoms with van der Waals surface area (Å²) in [5, 5.41) is 4.43. The van der Waals surface area contributed by atoms with Gasteiger partial charge in [0, 0.05) is 23.3 Å². The van der Waals surface area contributed by atoms with Gasteiger partial charge in [-0.25, -0.2) is 4.39 Å². The molecule has 4 aromatic rings. The van der Waals surface area contributed by atoms with Crippen molar-refractivity contribution in [1.29, 1.82) is 0 Å². The number of hydrogen-bond donors (Lipinski definition) is 2. The van der Waals surface area contributed by atoms with Gasteiger partial charge in [0.05, 0.1) is 5.52 Å². The predicted octanol–water partition coefficient (Wildman–Crippen LogP) is 6.70. The van der Waals surface area contributed by atoms with Crippen LogP contribution in [0.4, 0.5) is 4.39 Å². The number of aryl methyl sites for hydroxylation is 3. The smallest absolute Gasteiger partial charge is 0.147 e. The van der Waals surface area contributed by atoms with E-state index in [0.29, 0.717) is 5.52 Å². The molecular weight excluding hydrogens is 371 g/mol. The number of fused-ring (bicyclic) bond motifs is 1. The fourth-order valence-corrected chi connectivity index (χ4v) is 4.08. The standard InChI is InChI=1S/C27H27FN2/c1-17-6-5-7-23(16-17)22-11-9-21(10-12-22)19(3)29-15-14-24-20(4)30-27-25(28)13-8-18(2)26(24)27/h5-13,16,29-30H,3,14-15H2,1-2,4H3. The van der Waals surface area contributed by atoms with E-state index in [1.807, 2.05) is 19.9 Å². The molecule has 2 nitrogen and oxygen atoms in total. The second kappa shape index (κ2) is 8.19. The lowest BCUT2D eigenvalue weighted by molar-refractivity contribution is 0.637. The first-order valence-electron chi connectivity index (χ1n) is 10.3. The van der Waals surface area contributed by atoms with Crippen molar-refractivity contribution < 1.29 is 4.39 Å². The average molecular weight is 399 g/mol. The Hall–Kier alpha value is -3.33. The first kappa shape index (κ1) is 20.0. The molecule has 0 aliphatic heterocycles. The number of hydrogen-bond acceptors (Lipinski definition) is 1. The summed E-state index contributed by atoms with van der Waals surface area (Å²) in [6.45, 7) is 11.1. The molecule has 0 aliphatic carbocycles. The van der Waals surface area contributed by atoms with Crippen LogP contribution in [0.25, 0.3) is 27.7 Å². The Labute approximate surface area is 177 Å². The zero-order valence-corrected chi connectivity index (χ0v) is 17.8. The molecule has 0 atom stereocenters. The Morgan fingerprint density at radius 3 is 2.47 bits per heavy atom. The van der Waals surface area contributed by atoms with Gasteiger partial charge in [-0.05, 0) is 61.1 Å². The Bertz CT molecular complexity index is 1220. The van der Waals surface area contributed by atoms with E-state index in [1.54, 1.807) is 0 Å². The van der Waals surface area contributed by atoms with Gasteiger partial charge in [0.1, 0.15) is 5.82 Å². The molecule has 3 heteroatoms. The van der Waals surface area contributed by atoms with E-state index in [-0.39, 0.29) is 5.82 Å². The van der Waals surface area contributed by atoms with E-state index in [2.05, 4.69) is 72.3 Å². The molecule has 4 rings (SSSR count). The lowest BCUT2D eigenvalue weighted by Gasteiger charge is -2.11. The van der Waals surface area contributed by atoms with E-state index in [1.165, 1.54) is 22.8 Å². The van der Waals surface area contributed by atoms with Crippen LogP contribution in [0.1, 0.15) is 27.9 Å². The topological polar surface area (TPSA) is 27.8 Å². The summed E-state index contributed by atoms with van der Waals surface area (Å²) in [6.07, 6.45) is 0.802. The van der Waals surface area contributed by atoms with E-state index in [9.17, 15) is 4.39 Å². The summed E-state index contributed by atoms with van der Waals surface area (Å²) >= 11 is 0. The van der Waals surface area contributed by atoms with Crippen molar-refractivity contribution in [3.63, 3.8) is 0 Å². The van der Waals surface area contributed by atoms with Gasteiger partial charge in [-0.1, -0.05) is 66.7 Å². The first-order chi connectivity index (χ1) is 14.4. The van der Waals surface area contributed by atoms with Crippen LogP contribution in [0.2, 0.25) is 0 Å². The summed E-state index contributed by atoms with van der Waals surface area (Å²) in [5.74, 6) is -0.198. The predicted molar refractivity (Wildman–Crippen MR) is 125 cm³/mol. The maximum Gasteiger partial charge on any atom is 0.147 e. The molecule has 1 heterocycles. The molecule has 0 spiro atoms. The summed E-state index contributed by atoms with van der Waals surface area (Å²) < 4.78 is 14.1. The van der Waals surface area contributed by atoms with Crippen LogP contribution in [-0.4, -0.2) is 11.5 Å². The Morgan fingerprint density at radius 2 is 1.73 bits per heavy atom. The number of H-pyrrole nitrogens is 1. The van der Waals surface area contributed by atoms with Crippen molar-refractivity contribution in [2.24, 2.45) is 0 Å². The third kappa shape index (κ3) is 3.88. The molecule has 0 saturated heterocycles. The van der Waals surface area contributed by atoms with Gasteiger partial charge in [-0.15, -0.1) is 0 Å². The summed E-state index contributed by atoms with van der Waals surface area (Å²) in [4.78, 5) is 3.21. The normalized spacial score (nSPS) is 11.1. The molecule has 0 saturated carbocycles. The van der Waals surface area contributed by atoms with Gasteiger partial charge in [0.15, 0.2) is 0 Å². The van der Waals surface area contributed by atoms with Crippen molar-refractivity contribution in [3.8, 4) is 11.1 Å². The van der Waals surface area contributed by atoms with Gasteiger partial charge in [-0.3, -0.25) is 0 Å². The molecule has 2 N–H and O–H groups in total. The zero-order chi connectivity index (χ0) is 21.3. The van der Waals surface area contributed by atoms with Gasteiger partial charge in [0.25, 0.3) is 0 Å². The quantitative estimate of drug-likeness (QED) is 0.371. The van der Waals surface area contributed by atoms with Crippen LogP contribution < -0.4 is 5.32 Å². The highest BCUT2D eigenvalue weighted by Gasteiger charge is 2.13. The highest BCUT2D eigenvalue weighted by molar-refractivity contribution is 5.88. The highest BCUT2D eigenvalue weighted by atomic mass is 19.1. The Balaban J connectivity index is 1.44. The minimum absolute atomic E-state index is 0.198. The SMILES string of the molecule is C=C(NCCc1c(C)[nH]c2c(F)ccc(C)c12)c1ccc(-c2cccc(C)c2)cc1. The van der Waals surface area contributed by atoms with Crippen LogP contribution >= 0.6 is 0 Å². The average Bonchev–Trinajstić information content (AvgIpc) is 3.08. The summed E-state index contributed by atoms with van der Waals surface area (Å²) in [5.41, 5.74) is 9.52. The van der Waals surface area contributed by atoms with E-state index >= 15 is 0 Å². The third-order valence-electron chi connectivity index (χ3n) is 5.73. The van der Waals surface area contributed by atoms with Crippen LogP contribution in [0.3, 0.4) is 0 Å². The molecule has 0 fully saturated rings. The molecule has 1 aromatic heterocycles. The van der Waals surface area contributed by atoms with Crippen molar-refractivity contribution in [3.05, 3.63) is 101 Å². The molecule has 0 amide bonds. The van der Waals surface area contributed by atoms with Crippen molar-refractivity contribution in [2.75, 3.05) is 6.54 Å². The van der Waals surface area contributed by atoms with Gasteiger partial charge in [0.2, 0.25) is 0 Å². The van der Waals surface area contributed by atoms with E-state index < -0.39 is 0 Å². The Morgan fingerprint density at radius 1 is 0.967 bits per heavy atom. The van der Waals surface area contributed by atoms with Gasteiger partial charge >= 0.3 is 0 Å². The largest absolute Gasteiger partial charge is 0.385 e. The number of aromatic nitrogens is 1.